The molecule has 0 aliphatic carbocycles. The highest BCUT2D eigenvalue weighted by Gasteiger charge is 2.21. The molecule has 2 atom stereocenters. The standard InChI is InChI=1S/C11H15NO3/c1-8(13)10(11(14)15)12-7-9-5-3-2-4-6-9/h2-6,8,10,12-13H,7H2,1H3,(H,14,15)/t8-,10-/m1/s1. The van der Waals surface area contributed by atoms with Crippen molar-refractivity contribution >= 4 is 5.97 Å². The molecular formula is C11H15NO3. The Bertz CT molecular complexity index is 311. The van der Waals surface area contributed by atoms with Crippen LogP contribution in [0, 0.1) is 0 Å². The van der Waals surface area contributed by atoms with Crippen molar-refractivity contribution in [3.63, 3.8) is 0 Å². The Kier molecular flexibility index (Phi) is 4.27. The van der Waals surface area contributed by atoms with Gasteiger partial charge in [0, 0.05) is 6.54 Å². The second kappa shape index (κ2) is 5.48. The van der Waals surface area contributed by atoms with Gasteiger partial charge in [-0.15, -0.1) is 0 Å². The summed E-state index contributed by atoms with van der Waals surface area (Å²) in [6.45, 7) is 1.89. The van der Waals surface area contributed by atoms with Crippen molar-refractivity contribution in [2.45, 2.75) is 25.6 Å². The van der Waals surface area contributed by atoms with Gasteiger partial charge < -0.3 is 10.2 Å². The summed E-state index contributed by atoms with van der Waals surface area (Å²) in [5.74, 6) is -1.04. The van der Waals surface area contributed by atoms with E-state index in [-0.39, 0.29) is 0 Å². The molecular weight excluding hydrogens is 194 g/mol. The van der Waals surface area contributed by atoms with Crippen LogP contribution in [-0.2, 0) is 11.3 Å². The number of hydrogen-bond acceptors (Lipinski definition) is 3. The lowest BCUT2D eigenvalue weighted by molar-refractivity contribution is -0.142. The quantitative estimate of drug-likeness (QED) is 0.664. The van der Waals surface area contributed by atoms with E-state index in [9.17, 15) is 9.90 Å². The van der Waals surface area contributed by atoms with E-state index in [0.29, 0.717) is 6.54 Å². The molecule has 1 rings (SSSR count). The first kappa shape index (κ1) is 11.7. The van der Waals surface area contributed by atoms with E-state index < -0.39 is 18.1 Å². The van der Waals surface area contributed by atoms with Gasteiger partial charge in [0.1, 0.15) is 6.04 Å². The molecule has 4 heteroatoms. The Labute approximate surface area is 88.6 Å². The van der Waals surface area contributed by atoms with Crippen LogP contribution in [0.1, 0.15) is 12.5 Å². The average Bonchev–Trinajstić information content (AvgIpc) is 2.18. The number of aliphatic hydroxyl groups excluding tert-OH is 1. The van der Waals surface area contributed by atoms with E-state index in [2.05, 4.69) is 5.32 Å². The van der Waals surface area contributed by atoms with Crippen LogP contribution < -0.4 is 5.32 Å². The summed E-state index contributed by atoms with van der Waals surface area (Å²) in [5.41, 5.74) is 0.990. The molecule has 0 spiro atoms. The first-order valence-electron chi connectivity index (χ1n) is 4.79. The summed E-state index contributed by atoms with van der Waals surface area (Å²) in [6.07, 6.45) is -0.911. The fourth-order valence-electron chi connectivity index (χ4n) is 1.29. The van der Waals surface area contributed by atoms with E-state index in [1.54, 1.807) is 0 Å². The lowest BCUT2D eigenvalue weighted by Gasteiger charge is -2.16. The molecule has 0 unspecified atom stereocenters. The van der Waals surface area contributed by atoms with Gasteiger partial charge in [-0.3, -0.25) is 10.1 Å². The van der Waals surface area contributed by atoms with Crippen LogP contribution >= 0.6 is 0 Å². The summed E-state index contributed by atoms with van der Waals surface area (Å²) in [4.78, 5) is 10.7. The van der Waals surface area contributed by atoms with Gasteiger partial charge in [-0.25, -0.2) is 0 Å². The zero-order chi connectivity index (χ0) is 11.3. The Morgan fingerprint density at radius 1 is 1.40 bits per heavy atom. The zero-order valence-corrected chi connectivity index (χ0v) is 8.55. The molecule has 0 saturated carbocycles. The number of carboxylic acid groups (broad SMARTS) is 1. The number of benzene rings is 1. The summed E-state index contributed by atoms with van der Waals surface area (Å²) in [6, 6.07) is 8.53. The molecule has 15 heavy (non-hydrogen) atoms. The predicted molar refractivity (Wildman–Crippen MR) is 56.4 cm³/mol. The average molecular weight is 209 g/mol. The first-order chi connectivity index (χ1) is 7.11. The van der Waals surface area contributed by atoms with Crippen molar-refractivity contribution < 1.29 is 15.0 Å². The summed E-state index contributed by atoms with van der Waals surface area (Å²) in [7, 11) is 0. The molecule has 4 nitrogen and oxygen atoms in total. The first-order valence-corrected chi connectivity index (χ1v) is 4.79. The van der Waals surface area contributed by atoms with Crippen molar-refractivity contribution in [2.24, 2.45) is 0 Å². The number of aliphatic carboxylic acids is 1. The molecule has 82 valence electrons. The maximum atomic E-state index is 10.7. The van der Waals surface area contributed by atoms with Crippen LogP contribution in [0.4, 0.5) is 0 Å². The van der Waals surface area contributed by atoms with Crippen molar-refractivity contribution in [1.29, 1.82) is 0 Å². The molecule has 0 saturated heterocycles. The topological polar surface area (TPSA) is 69.6 Å². The van der Waals surface area contributed by atoms with E-state index in [0.717, 1.165) is 5.56 Å². The highest BCUT2D eigenvalue weighted by Crippen LogP contribution is 2.00. The van der Waals surface area contributed by atoms with Gasteiger partial charge >= 0.3 is 5.97 Å². The predicted octanol–water partition coefficient (Wildman–Crippen LogP) is 0.610. The number of nitrogens with one attached hydrogen (secondary N) is 1. The lowest BCUT2D eigenvalue weighted by atomic mass is 10.1. The van der Waals surface area contributed by atoms with Gasteiger partial charge in [-0.2, -0.15) is 0 Å². The van der Waals surface area contributed by atoms with Crippen molar-refractivity contribution in [2.75, 3.05) is 0 Å². The molecule has 3 N–H and O–H groups in total. The van der Waals surface area contributed by atoms with Crippen LogP contribution in [0.3, 0.4) is 0 Å². The van der Waals surface area contributed by atoms with Crippen LogP contribution in [-0.4, -0.2) is 28.3 Å². The Morgan fingerprint density at radius 3 is 2.47 bits per heavy atom. The SMILES string of the molecule is C[C@@H](O)[C@@H](NCc1ccccc1)C(=O)O. The van der Waals surface area contributed by atoms with Crippen molar-refractivity contribution in [3.05, 3.63) is 35.9 Å². The lowest BCUT2D eigenvalue weighted by Crippen LogP contribution is -2.44. The number of aliphatic hydroxyl groups is 1. The Hall–Kier alpha value is -1.39. The van der Waals surface area contributed by atoms with Crippen LogP contribution in [0.15, 0.2) is 30.3 Å². The van der Waals surface area contributed by atoms with Gasteiger partial charge in [-0.1, -0.05) is 30.3 Å². The molecule has 0 aliphatic heterocycles. The number of rotatable bonds is 5. The van der Waals surface area contributed by atoms with Gasteiger partial charge in [0.05, 0.1) is 6.10 Å². The molecule has 0 heterocycles. The van der Waals surface area contributed by atoms with E-state index in [4.69, 9.17) is 5.11 Å². The molecule has 0 bridgehead atoms. The summed E-state index contributed by atoms with van der Waals surface area (Å²) in [5, 5.41) is 20.8. The fraction of sp³-hybridized carbons (Fsp3) is 0.364. The number of carbonyl (C=O) groups is 1. The maximum Gasteiger partial charge on any atom is 0.323 e. The summed E-state index contributed by atoms with van der Waals surface area (Å²) < 4.78 is 0. The molecule has 0 radical (unpaired) electrons. The Balaban J connectivity index is 2.51. The normalized spacial score (nSPS) is 14.5. The molecule has 0 aromatic heterocycles. The van der Waals surface area contributed by atoms with Crippen molar-refractivity contribution in [3.8, 4) is 0 Å². The van der Waals surface area contributed by atoms with E-state index in [1.807, 2.05) is 30.3 Å². The summed E-state index contributed by atoms with van der Waals surface area (Å²) >= 11 is 0. The van der Waals surface area contributed by atoms with Crippen LogP contribution in [0.2, 0.25) is 0 Å². The number of hydrogen-bond donors (Lipinski definition) is 3. The van der Waals surface area contributed by atoms with Gasteiger partial charge in [0.15, 0.2) is 0 Å². The second-order valence-corrected chi connectivity index (χ2v) is 3.42. The second-order valence-electron chi connectivity index (χ2n) is 3.42. The zero-order valence-electron chi connectivity index (χ0n) is 8.55. The van der Waals surface area contributed by atoms with Gasteiger partial charge in [0.25, 0.3) is 0 Å². The Morgan fingerprint density at radius 2 is 2.00 bits per heavy atom. The van der Waals surface area contributed by atoms with Crippen LogP contribution in [0.5, 0.6) is 0 Å². The third-order valence-electron chi connectivity index (χ3n) is 2.12. The number of carboxylic acids is 1. The third kappa shape index (κ3) is 3.69. The smallest absolute Gasteiger partial charge is 0.323 e. The largest absolute Gasteiger partial charge is 0.480 e. The minimum atomic E-state index is -1.04. The monoisotopic (exact) mass is 209 g/mol. The molecule has 0 aliphatic rings. The molecule has 0 fully saturated rings. The minimum Gasteiger partial charge on any atom is -0.480 e. The van der Waals surface area contributed by atoms with Crippen molar-refractivity contribution in [1.82, 2.24) is 5.32 Å². The maximum absolute atomic E-state index is 10.7. The van der Waals surface area contributed by atoms with Gasteiger partial charge in [0.2, 0.25) is 0 Å². The fourth-order valence-corrected chi connectivity index (χ4v) is 1.29. The highest BCUT2D eigenvalue weighted by molar-refractivity contribution is 5.74. The molecule has 1 aromatic carbocycles. The molecule has 0 amide bonds. The highest BCUT2D eigenvalue weighted by atomic mass is 16.4. The van der Waals surface area contributed by atoms with Gasteiger partial charge in [-0.05, 0) is 12.5 Å². The third-order valence-corrected chi connectivity index (χ3v) is 2.12. The van der Waals surface area contributed by atoms with E-state index >= 15 is 0 Å². The van der Waals surface area contributed by atoms with Crippen LogP contribution in [0.25, 0.3) is 0 Å². The molecule has 1 aromatic rings. The minimum absolute atomic E-state index is 0.433. The van der Waals surface area contributed by atoms with E-state index in [1.165, 1.54) is 6.92 Å².